The van der Waals surface area contributed by atoms with Gasteiger partial charge in [0.15, 0.2) is 6.61 Å². The number of anilines is 1. The summed E-state index contributed by atoms with van der Waals surface area (Å²) in [6.45, 7) is 2.16. The SMILES string of the molecule is Cc1ccc(OCc2nnc(SCC(=O)Nc3ccc(Cl)c(Cl)c3)o2)cc1. The third-order valence-corrected chi connectivity index (χ3v) is 4.92. The van der Waals surface area contributed by atoms with Crippen LogP contribution < -0.4 is 10.1 Å². The number of halogens is 2. The van der Waals surface area contributed by atoms with E-state index in [2.05, 4.69) is 15.5 Å². The number of carbonyl (C=O) groups is 1. The quantitative estimate of drug-likeness (QED) is 0.539. The summed E-state index contributed by atoms with van der Waals surface area (Å²) >= 11 is 12.9. The molecule has 1 amide bonds. The van der Waals surface area contributed by atoms with Gasteiger partial charge in [-0.05, 0) is 37.3 Å². The van der Waals surface area contributed by atoms with Crippen molar-refractivity contribution in [3.63, 3.8) is 0 Å². The highest BCUT2D eigenvalue weighted by molar-refractivity contribution is 7.99. The Morgan fingerprint density at radius 3 is 2.67 bits per heavy atom. The second-order valence-corrected chi connectivity index (χ2v) is 7.27. The third kappa shape index (κ3) is 5.89. The zero-order chi connectivity index (χ0) is 19.2. The molecule has 0 saturated carbocycles. The molecule has 6 nitrogen and oxygen atoms in total. The average Bonchev–Trinajstić information content (AvgIpc) is 3.11. The first-order valence-electron chi connectivity index (χ1n) is 7.89. The van der Waals surface area contributed by atoms with Gasteiger partial charge in [-0.2, -0.15) is 0 Å². The number of ether oxygens (including phenoxy) is 1. The molecule has 1 aromatic heterocycles. The Morgan fingerprint density at radius 1 is 1.15 bits per heavy atom. The number of nitrogens with one attached hydrogen (secondary N) is 1. The van der Waals surface area contributed by atoms with Gasteiger partial charge in [0.1, 0.15) is 5.75 Å². The van der Waals surface area contributed by atoms with Crippen LogP contribution in [0.4, 0.5) is 5.69 Å². The van der Waals surface area contributed by atoms with Crippen molar-refractivity contribution in [3.8, 4) is 5.75 Å². The standard InChI is InChI=1S/C18H15Cl2N3O3S/c1-11-2-5-13(6-3-11)25-9-17-22-23-18(26-17)27-10-16(24)21-12-4-7-14(19)15(20)8-12/h2-8H,9-10H2,1H3,(H,21,24). The highest BCUT2D eigenvalue weighted by atomic mass is 35.5. The second kappa shape index (κ2) is 9.12. The first-order valence-corrected chi connectivity index (χ1v) is 9.63. The molecule has 0 radical (unpaired) electrons. The summed E-state index contributed by atoms with van der Waals surface area (Å²) in [4.78, 5) is 12.0. The van der Waals surface area contributed by atoms with Crippen molar-refractivity contribution in [1.82, 2.24) is 10.2 Å². The molecule has 0 saturated heterocycles. The lowest BCUT2D eigenvalue weighted by Gasteiger charge is -2.05. The molecule has 9 heteroatoms. The Labute approximate surface area is 170 Å². The van der Waals surface area contributed by atoms with Gasteiger partial charge in [-0.3, -0.25) is 4.79 Å². The number of carbonyl (C=O) groups excluding carboxylic acids is 1. The number of rotatable bonds is 7. The van der Waals surface area contributed by atoms with Gasteiger partial charge >= 0.3 is 0 Å². The Kier molecular flexibility index (Phi) is 6.60. The van der Waals surface area contributed by atoms with Crippen molar-refractivity contribution in [2.45, 2.75) is 18.8 Å². The summed E-state index contributed by atoms with van der Waals surface area (Å²) in [7, 11) is 0. The van der Waals surface area contributed by atoms with Crippen LogP contribution in [0.15, 0.2) is 52.1 Å². The summed E-state index contributed by atoms with van der Waals surface area (Å²) in [5, 5.41) is 11.6. The van der Waals surface area contributed by atoms with Gasteiger partial charge in [0.25, 0.3) is 11.1 Å². The van der Waals surface area contributed by atoms with Crippen LogP contribution in [0.3, 0.4) is 0 Å². The third-order valence-electron chi connectivity index (χ3n) is 3.36. The predicted octanol–water partition coefficient (Wildman–Crippen LogP) is 4.99. The van der Waals surface area contributed by atoms with E-state index in [0.717, 1.165) is 17.3 Å². The molecule has 140 valence electrons. The lowest BCUT2D eigenvalue weighted by molar-refractivity contribution is -0.113. The average molecular weight is 424 g/mol. The Balaban J connectivity index is 1.46. The van der Waals surface area contributed by atoms with E-state index >= 15 is 0 Å². The largest absolute Gasteiger partial charge is 0.484 e. The minimum absolute atomic E-state index is 0.112. The fourth-order valence-corrected chi connectivity index (χ4v) is 2.91. The summed E-state index contributed by atoms with van der Waals surface area (Å²) in [6.07, 6.45) is 0. The van der Waals surface area contributed by atoms with Crippen molar-refractivity contribution < 1.29 is 13.9 Å². The molecular weight excluding hydrogens is 409 g/mol. The molecule has 0 fully saturated rings. The number of amides is 1. The second-order valence-electron chi connectivity index (χ2n) is 5.53. The van der Waals surface area contributed by atoms with Gasteiger partial charge in [-0.25, -0.2) is 0 Å². The van der Waals surface area contributed by atoms with E-state index < -0.39 is 0 Å². The summed E-state index contributed by atoms with van der Waals surface area (Å²) in [6, 6.07) is 12.5. The number of hydrogen-bond acceptors (Lipinski definition) is 6. The smallest absolute Gasteiger partial charge is 0.277 e. The monoisotopic (exact) mass is 423 g/mol. The normalized spacial score (nSPS) is 10.6. The minimum atomic E-state index is -0.228. The van der Waals surface area contributed by atoms with E-state index in [-0.39, 0.29) is 18.3 Å². The van der Waals surface area contributed by atoms with Crippen molar-refractivity contribution in [1.29, 1.82) is 0 Å². The number of aryl methyl sites for hydroxylation is 1. The van der Waals surface area contributed by atoms with E-state index in [0.29, 0.717) is 32.6 Å². The predicted molar refractivity (Wildman–Crippen MR) is 106 cm³/mol. The lowest BCUT2D eigenvalue weighted by atomic mass is 10.2. The van der Waals surface area contributed by atoms with Gasteiger partial charge in [-0.15, -0.1) is 10.2 Å². The van der Waals surface area contributed by atoms with E-state index in [1.807, 2.05) is 31.2 Å². The molecule has 0 unspecified atom stereocenters. The number of benzene rings is 2. The van der Waals surface area contributed by atoms with Crippen molar-refractivity contribution in [2.24, 2.45) is 0 Å². The molecular formula is C18H15Cl2N3O3S. The Morgan fingerprint density at radius 2 is 1.93 bits per heavy atom. The fourth-order valence-electron chi connectivity index (χ4n) is 2.03. The molecule has 2 aromatic carbocycles. The first-order chi connectivity index (χ1) is 13.0. The highest BCUT2D eigenvalue weighted by Gasteiger charge is 2.11. The van der Waals surface area contributed by atoms with E-state index in [4.69, 9.17) is 32.4 Å². The van der Waals surface area contributed by atoms with Crippen LogP contribution in [-0.2, 0) is 11.4 Å². The van der Waals surface area contributed by atoms with Crippen molar-refractivity contribution >= 4 is 46.6 Å². The molecule has 0 atom stereocenters. The molecule has 1 heterocycles. The number of hydrogen-bond donors (Lipinski definition) is 1. The zero-order valence-electron chi connectivity index (χ0n) is 14.2. The van der Waals surface area contributed by atoms with Crippen LogP contribution in [0.5, 0.6) is 5.75 Å². The van der Waals surface area contributed by atoms with Crippen molar-refractivity contribution in [2.75, 3.05) is 11.1 Å². The van der Waals surface area contributed by atoms with Crippen LogP contribution >= 0.6 is 35.0 Å². The van der Waals surface area contributed by atoms with Gasteiger partial charge in [0.05, 0.1) is 15.8 Å². The van der Waals surface area contributed by atoms with Gasteiger partial charge < -0.3 is 14.5 Å². The Bertz CT molecular complexity index is 932. The zero-order valence-corrected chi connectivity index (χ0v) is 16.6. The number of nitrogens with zero attached hydrogens (tertiary/aromatic N) is 2. The summed E-state index contributed by atoms with van der Waals surface area (Å²) in [5.41, 5.74) is 1.71. The van der Waals surface area contributed by atoms with Crippen LogP contribution in [-0.4, -0.2) is 21.9 Å². The van der Waals surface area contributed by atoms with Crippen molar-refractivity contribution in [3.05, 3.63) is 64.0 Å². The molecule has 1 N–H and O–H groups in total. The Hall–Kier alpha value is -2.22. The number of aromatic nitrogens is 2. The topological polar surface area (TPSA) is 77.2 Å². The molecule has 0 aliphatic heterocycles. The van der Waals surface area contributed by atoms with E-state index in [9.17, 15) is 4.79 Å². The summed E-state index contributed by atoms with van der Waals surface area (Å²) in [5.74, 6) is 0.937. The van der Waals surface area contributed by atoms with Crippen LogP contribution in [0.25, 0.3) is 0 Å². The molecule has 27 heavy (non-hydrogen) atoms. The van der Waals surface area contributed by atoms with E-state index in [1.54, 1.807) is 18.2 Å². The first kappa shape index (κ1) is 19.5. The lowest BCUT2D eigenvalue weighted by Crippen LogP contribution is -2.13. The molecule has 0 bridgehead atoms. The number of thioether (sulfide) groups is 1. The van der Waals surface area contributed by atoms with Gasteiger partial charge in [0, 0.05) is 5.69 Å². The van der Waals surface area contributed by atoms with Gasteiger partial charge in [0.2, 0.25) is 5.91 Å². The summed E-state index contributed by atoms with van der Waals surface area (Å²) < 4.78 is 11.0. The molecule has 3 rings (SSSR count). The van der Waals surface area contributed by atoms with Crippen LogP contribution in [0, 0.1) is 6.92 Å². The molecule has 0 aliphatic rings. The molecule has 3 aromatic rings. The van der Waals surface area contributed by atoms with Crippen LogP contribution in [0.2, 0.25) is 10.0 Å². The fraction of sp³-hybridized carbons (Fsp3) is 0.167. The highest BCUT2D eigenvalue weighted by Crippen LogP contribution is 2.25. The van der Waals surface area contributed by atoms with Crippen LogP contribution in [0.1, 0.15) is 11.5 Å². The minimum Gasteiger partial charge on any atom is -0.484 e. The molecule has 0 aliphatic carbocycles. The maximum atomic E-state index is 12.0. The molecule has 0 spiro atoms. The van der Waals surface area contributed by atoms with Gasteiger partial charge in [-0.1, -0.05) is 52.7 Å². The van der Waals surface area contributed by atoms with E-state index in [1.165, 1.54) is 0 Å². The maximum absolute atomic E-state index is 12.0. The maximum Gasteiger partial charge on any atom is 0.277 e.